The second-order valence-electron chi connectivity index (χ2n) is 13.8. The minimum absolute atomic E-state index is 1.17. The summed E-state index contributed by atoms with van der Waals surface area (Å²) in [6.07, 6.45) is -40.2. The van der Waals surface area contributed by atoms with Crippen LogP contribution in [0.2, 0.25) is 18.1 Å². The smallest absolute Gasteiger partial charge is 0.351 e. The molecule has 0 radical (unpaired) electrons. The first-order valence-electron chi connectivity index (χ1n) is 16.1. The van der Waals surface area contributed by atoms with E-state index < -0.39 is 174 Å². The molecule has 0 bridgehead atoms. The van der Waals surface area contributed by atoms with E-state index in [0.29, 0.717) is 0 Å². The maximum absolute atomic E-state index is 14.1. The highest BCUT2D eigenvalue weighted by molar-refractivity contribution is 6.76. The number of halogens is 33. The van der Waals surface area contributed by atoms with Crippen LogP contribution in [0.3, 0.4) is 0 Å². The van der Waals surface area contributed by atoms with Crippen molar-refractivity contribution in [1.29, 1.82) is 0 Å². The molecule has 0 aliphatic carbocycles. The number of nitrogens with two attached hydrogens (primary N) is 1. The molecule has 0 rings (SSSR count). The molecule has 2 N–H and O–H groups in total. The summed E-state index contributed by atoms with van der Waals surface area (Å²) in [5.41, 5.74) is 0. The Morgan fingerprint density at radius 3 is 0.532 bits per heavy atom. The Kier molecular flexibility index (Phi) is 17.0. The van der Waals surface area contributed by atoms with Crippen LogP contribution in [0.4, 0.5) is 145 Å². The third kappa shape index (κ3) is 10.6. The highest BCUT2D eigenvalue weighted by atomic mass is 28.3. The molecule has 0 fully saturated rings. The van der Waals surface area contributed by atoms with Gasteiger partial charge in [0.2, 0.25) is 0 Å². The van der Waals surface area contributed by atoms with Crippen LogP contribution in [0.5, 0.6) is 0 Å². The fourth-order valence-corrected chi connectivity index (χ4v) is 8.75. The van der Waals surface area contributed by atoms with Crippen LogP contribution in [0.15, 0.2) is 0 Å². The number of hydrogen-bond donors (Lipinski definition) is 1. The third-order valence-corrected chi connectivity index (χ3v) is 13.1. The topological polar surface area (TPSA) is 26.0 Å². The van der Waals surface area contributed by atoms with Crippen molar-refractivity contribution in [3.8, 4) is 0 Å². The van der Waals surface area contributed by atoms with Gasteiger partial charge in [-0.25, -0.2) is 0 Å². The minimum atomic E-state index is -7.90. The van der Waals surface area contributed by atoms with Gasteiger partial charge in [-0.15, -0.1) is 0 Å². The predicted molar refractivity (Wildman–Crippen MR) is 143 cm³/mol. The summed E-state index contributed by atoms with van der Waals surface area (Å²) in [6, 6.07) is -3.52. The summed E-state index contributed by atoms with van der Waals surface area (Å²) in [6.45, 7) is 0. The Morgan fingerprint density at radius 1 is 0.226 bits per heavy atom. The lowest BCUT2D eigenvalue weighted by Gasteiger charge is -2.37. The van der Waals surface area contributed by atoms with E-state index in [1.165, 1.54) is 0 Å². The standard InChI is InChI=1S/C27H26F33NSi/c28-13(29,16(34,35)19(40,41)22(46,47)25(52,53)54)7-1-4-10-62(61,11-5-2-8-14(30,31)17(36,37)20(42,43)23(48,49)26(55,56)57)12-6-3-9-15(32,33)18(38,39)21(44,45)24(50,51)27(58,59)60/h1-12,61H2. The SMILES string of the molecule is N[Si](CCCCC(F)(F)C(F)(F)C(F)(F)C(F)(F)C(F)(F)F)(CCCCC(F)(F)C(F)(F)C(F)(F)C(F)(F)C(F)(F)F)CCCCC(F)(F)C(F)(F)C(F)(F)C(F)(F)C(F)(F)F. The van der Waals surface area contributed by atoms with Crippen molar-refractivity contribution < 1.29 is 145 Å². The van der Waals surface area contributed by atoms with Gasteiger partial charge in [-0.1, -0.05) is 19.3 Å². The lowest BCUT2D eigenvalue weighted by molar-refractivity contribution is -0.422. The molecule has 0 amide bonds. The van der Waals surface area contributed by atoms with Gasteiger partial charge in [-0.05, 0) is 37.4 Å². The number of hydrogen-bond acceptors (Lipinski definition) is 1. The molecule has 62 heavy (non-hydrogen) atoms. The molecule has 35 heteroatoms. The van der Waals surface area contributed by atoms with Crippen LogP contribution in [0.25, 0.3) is 0 Å². The second-order valence-corrected chi connectivity index (χ2v) is 18.0. The third-order valence-electron chi connectivity index (χ3n) is 9.06. The molecule has 1 nitrogen and oxygen atoms in total. The summed E-state index contributed by atoms with van der Waals surface area (Å²) in [5.74, 6) is -89.4. The van der Waals surface area contributed by atoms with Crippen LogP contribution in [-0.2, 0) is 0 Å². The van der Waals surface area contributed by atoms with Gasteiger partial charge in [0.1, 0.15) is 8.24 Å². The van der Waals surface area contributed by atoms with E-state index in [4.69, 9.17) is 5.40 Å². The van der Waals surface area contributed by atoms with Crippen molar-refractivity contribution in [2.75, 3.05) is 0 Å². The summed E-state index contributed by atoms with van der Waals surface area (Å²) in [7, 11) is -4.50. The number of rotatable bonds is 24. The summed E-state index contributed by atoms with van der Waals surface area (Å²) < 4.78 is 437. The van der Waals surface area contributed by atoms with Crippen LogP contribution in [0.1, 0.15) is 57.8 Å². The zero-order valence-corrected chi connectivity index (χ0v) is 30.5. The summed E-state index contributed by atoms with van der Waals surface area (Å²) in [4.78, 5) is 0. The van der Waals surface area contributed by atoms with Crippen LogP contribution in [-0.4, -0.2) is 97.8 Å². The lowest BCUT2D eigenvalue weighted by atomic mass is 9.95. The van der Waals surface area contributed by atoms with Crippen LogP contribution >= 0.6 is 0 Å². The zero-order chi connectivity index (χ0) is 50.5. The number of unbranched alkanes of at least 4 members (excludes halogenated alkanes) is 3. The maximum Gasteiger partial charge on any atom is 0.460 e. The molecule has 0 spiro atoms. The predicted octanol–water partition coefficient (Wildman–Crippen LogP) is 14.7. The molecule has 0 unspecified atom stereocenters. The van der Waals surface area contributed by atoms with Crippen molar-refractivity contribution >= 4 is 8.24 Å². The van der Waals surface area contributed by atoms with Crippen molar-refractivity contribution in [2.24, 2.45) is 5.40 Å². The molecule has 0 aromatic heterocycles. The first-order chi connectivity index (χ1) is 26.6. The Balaban J connectivity index is 6.40. The van der Waals surface area contributed by atoms with Gasteiger partial charge < -0.3 is 5.40 Å². The van der Waals surface area contributed by atoms with Crippen molar-refractivity contribution in [3.05, 3.63) is 0 Å². The Labute approximate surface area is 324 Å². The van der Waals surface area contributed by atoms with Gasteiger partial charge in [0.15, 0.2) is 0 Å². The molecule has 0 aliphatic rings. The zero-order valence-electron chi connectivity index (χ0n) is 29.5. The Morgan fingerprint density at radius 2 is 0.387 bits per heavy atom. The first kappa shape index (κ1) is 59.9. The Hall–Kier alpha value is -2.13. The summed E-state index contributed by atoms with van der Waals surface area (Å²) in [5, 5.41) is 5.83. The first-order valence-corrected chi connectivity index (χ1v) is 18.8. The van der Waals surface area contributed by atoms with Gasteiger partial charge in [0.25, 0.3) is 0 Å². The second kappa shape index (κ2) is 17.6. The molecule has 0 saturated heterocycles. The minimum Gasteiger partial charge on any atom is -0.351 e. The molecular formula is C27H26F33NSi. The molecule has 0 atom stereocenters. The van der Waals surface area contributed by atoms with E-state index in [1.807, 2.05) is 0 Å². The average molecular weight is 1020 g/mol. The largest absolute Gasteiger partial charge is 0.460 e. The van der Waals surface area contributed by atoms with E-state index in [9.17, 15) is 145 Å². The quantitative estimate of drug-likeness (QED) is 0.0582. The van der Waals surface area contributed by atoms with Gasteiger partial charge in [-0.2, -0.15) is 145 Å². The average Bonchev–Trinajstić information content (AvgIpc) is 3.05. The number of alkyl halides is 33. The van der Waals surface area contributed by atoms with Crippen molar-refractivity contribution in [1.82, 2.24) is 0 Å². The van der Waals surface area contributed by atoms with Gasteiger partial charge in [0.05, 0.1) is 0 Å². The van der Waals surface area contributed by atoms with Crippen LogP contribution in [0, 0.1) is 0 Å². The normalized spacial score (nSPS) is 16.4. The molecule has 0 heterocycles. The van der Waals surface area contributed by atoms with E-state index in [-0.39, 0.29) is 0 Å². The molecular weight excluding hydrogens is 993 g/mol. The monoisotopic (exact) mass is 1020 g/mol. The van der Waals surface area contributed by atoms with Crippen molar-refractivity contribution in [2.45, 2.75) is 166 Å². The molecule has 374 valence electrons. The highest BCUT2D eigenvalue weighted by Gasteiger charge is 2.89. The Bertz CT molecular complexity index is 1290. The van der Waals surface area contributed by atoms with Crippen molar-refractivity contribution in [3.63, 3.8) is 0 Å². The van der Waals surface area contributed by atoms with E-state index in [2.05, 4.69) is 0 Å². The van der Waals surface area contributed by atoms with E-state index in [0.717, 1.165) is 0 Å². The fourth-order valence-electron chi connectivity index (χ4n) is 5.13. The van der Waals surface area contributed by atoms with Gasteiger partial charge >= 0.3 is 89.6 Å². The highest BCUT2D eigenvalue weighted by Crippen LogP contribution is 2.61. The molecule has 0 aliphatic heterocycles. The molecule has 0 saturated carbocycles. The maximum atomic E-state index is 14.1. The molecule has 0 aromatic rings. The van der Waals surface area contributed by atoms with Gasteiger partial charge in [0, 0.05) is 19.3 Å². The summed E-state index contributed by atoms with van der Waals surface area (Å²) >= 11 is 0. The fraction of sp³-hybridized carbons (Fsp3) is 1.00. The van der Waals surface area contributed by atoms with Gasteiger partial charge in [-0.3, -0.25) is 0 Å². The van der Waals surface area contributed by atoms with Crippen LogP contribution < -0.4 is 5.40 Å². The van der Waals surface area contributed by atoms with E-state index in [1.54, 1.807) is 0 Å². The lowest BCUT2D eigenvalue weighted by Crippen LogP contribution is -2.66. The molecule has 0 aromatic carbocycles. The van der Waals surface area contributed by atoms with E-state index >= 15 is 0 Å².